The van der Waals surface area contributed by atoms with Gasteiger partial charge in [0, 0.05) is 18.1 Å². The van der Waals surface area contributed by atoms with E-state index in [1.807, 2.05) is 6.92 Å². The summed E-state index contributed by atoms with van der Waals surface area (Å²) in [6.45, 7) is 5.85. The minimum atomic E-state index is -0.817. The molecular weight excluding hydrogens is 192 g/mol. The predicted octanol–water partition coefficient (Wildman–Crippen LogP) is 2.24. The van der Waals surface area contributed by atoms with Crippen molar-refractivity contribution in [3.8, 4) is 0 Å². The molecule has 1 heterocycles. The van der Waals surface area contributed by atoms with Crippen LogP contribution in [-0.4, -0.2) is 20.6 Å². The van der Waals surface area contributed by atoms with E-state index in [4.69, 9.17) is 5.11 Å². The number of aliphatic carboxylic acids is 1. The first-order valence-corrected chi connectivity index (χ1v) is 5.06. The number of rotatable bonds is 6. The fourth-order valence-corrected chi connectivity index (χ4v) is 1.45. The molecule has 1 rings (SSSR count). The van der Waals surface area contributed by atoms with Crippen LogP contribution in [0.25, 0.3) is 5.70 Å². The van der Waals surface area contributed by atoms with Gasteiger partial charge in [-0.25, -0.2) is 4.98 Å². The molecule has 1 atom stereocenters. The van der Waals surface area contributed by atoms with Gasteiger partial charge in [-0.1, -0.05) is 26.3 Å². The number of hydrogen-bond donors (Lipinski definition) is 1. The smallest absolute Gasteiger partial charge is 0.312 e. The Bertz CT molecular complexity index is 330. The number of carbonyl (C=O) groups is 1. The molecule has 0 aliphatic carbocycles. The van der Waals surface area contributed by atoms with Gasteiger partial charge in [0.25, 0.3) is 0 Å². The molecule has 1 N–H and O–H groups in total. The molecule has 15 heavy (non-hydrogen) atoms. The number of imidazole rings is 1. The van der Waals surface area contributed by atoms with Gasteiger partial charge < -0.3 is 9.67 Å². The van der Waals surface area contributed by atoms with Crippen molar-refractivity contribution in [3.63, 3.8) is 0 Å². The van der Waals surface area contributed by atoms with Crippen molar-refractivity contribution < 1.29 is 9.90 Å². The van der Waals surface area contributed by atoms with Crippen LogP contribution >= 0.6 is 0 Å². The molecule has 0 aromatic carbocycles. The third-order valence-corrected chi connectivity index (χ3v) is 2.38. The molecule has 82 valence electrons. The van der Waals surface area contributed by atoms with Gasteiger partial charge in [-0.05, 0) is 6.42 Å². The van der Waals surface area contributed by atoms with Crippen LogP contribution in [0.2, 0.25) is 0 Å². The maximum atomic E-state index is 11.0. The largest absolute Gasteiger partial charge is 0.481 e. The quantitative estimate of drug-likeness (QED) is 0.780. The molecule has 0 saturated carbocycles. The molecule has 0 fully saturated rings. The molecule has 1 aromatic heterocycles. The maximum Gasteiger partial charge on any atom is 0.312 e. The normalized spacial score (nSPS) is 12.3. The molecule has 1 aromatic rings. The van der Waals surface area contributed by atoms with E-state index >= 15 is 0 Å². The molecule has 4 nitrogen and oxygen atoms in total. The topological polar surface area (TPSA) is 55.1 Å². The second-order valence-corrected chi connectivity index (χ2v) is 3.49. The Kier molecular flexibility index (Phi) is 4.09. The van der Waals surface area contributed by atoms with Crippen molar-refractivity contribution >= 4 is 11.7 Å². The zero-order valence-corrected chi connectivity index (χ0v) is 8.89. The lowest BCUT2D eigenvalue weighted by atomic mass is 9.99. The Hall–Kier alpha value is -1.58. The second kappa shape index (κ2) is 5.34. The van der Waals surface area contributed by atoms with Crippen molar-refractivity contribution in [1.82, 2.24) is 9.55 Å². The Balaban J connectivity index is 2.72. The summed E-state index contributed by atoms with van der Waals surface area (Å²) in [5.74, 6) is -1.33. The van der Waals surface area contributed by atoms with Gasteiger partial charge in [0.1, 0.15) is 0 Å². The number of carboxylic acids is 1. The van der Waals surface area contributed by atoms with E-state index in [9.17, 15) is 4.79 Å². The van der Waals surface area contributed by atoms with E-state index < -0.39 is 11.9 Å². The Morgan fingerprint density at radius 3 is 2.87 bits per heavy atom. The first kappa shape index (κ1) is 11.5. The van der Waals surface area contributed by atoms with Crippen LogP contribution in [0.1, 0.15) is 26.2 Å². The highest BCUT2D eigenvalue weighted by Crippen LogP contribution is 2.20. The van der Waals surface area contributed by atoms with Crippen molar-refractivity contribution in [1.29, 1.82) is 0 Å². The van der Waals surface area contributed by atoms with Gasteiger partial charge in [0.2, 0.25) is 0 Å². The van der Waals surface area contributed by atoms with Gasteiger partial charge in [-0.15, -0.1) is 0 Å². The Morgan fingerprint density at radius 2 is 2.40 bits per heavy atom. The maximum absolute atomic E-state index is 11.0. The van der Waals surface area contributed by atoms with Crippen LogP contribution in [0, 0.1) is 5.92 Å². The number of hydrogen-bond acceptors (Lipinski definition) is 2. The predicted molar refractivity (Wildman–Crippen MR) is 58.2 cm³/mol. The van der Waals surface area contributed by atoms with E-state index in [0.717, 1.165) is 12.8 Å². The van der Waals surface area contributed by atoms with E-state index in [1.165, 1.54) is 0 Å². The zero-order chi connectivity index (χ0) is 11.3. The lowest BCUT2D eigenvalue weighted by molar-refractivity contribution is -0.140. The van der Waals surface area contributed by atoms with E-state index in [2.05, 4.69) is 11.6 Å². The summed E-state index contributed by atoms with van der Waals surface area (Å²) in [7, 11) is 0. The minimum absolute atomic E-state index is 0.515. The Labute approximate surface area is 89.3 Å². The van der Waals surface area contributed by atoms with Crippen molar-refractivity contribution in [3.05, 3.63) is 25.3 Å². The molecule has 0 radical (unpaired) electrons. The average molecular weight is 208 g/mol. The second-order valence-electron chi connectivity index (χ2n) is 3.49. The highest BCUT2D eigenvalue weighted by Gasteiger charge is 2.21. The van der Waals surface area contributed by atoms with Crippen LogP contribution in [0.3, 0.4) is 0 Å². The number of nitrogens with zero attached hydrogens (tertiary/aromatic N) is 2. The fraction of sp³-hybridized carbons (Fsp3) is 0.455. The fourth-order valence-electron chi connectivity index (χ4n) is 1.45. The molecule has 0 aliphatic heterocycles. The summed E-state index contributed by atoms with van der Waals surface area (Å²) in [6.07, 6.45) is 7.41. The van der Waals surface area contributed by atoms with Gasteiger partial charge in [0.05, 0.1) is 12.2 Å². The average Bonchev–Trinajstić information content (AvgIpc) is 2.70. The molecule has 0 saturated heterocycles. The van der Waals surface area contributed by atoms with Gasteiger partial charge in [0.15, 0.2) is 0 Å². The van der Waals surface area contributed by atoms with Crippen LogP contribution < -0.4 is 0 Å². The minimum Gasteiger partial charge on any atom is -0.481 e. The molecule has 0 amide bonds. The van der Waals surface area contributed by atoms with E-state index in [0.29, 0.717) is 12.1 Å². The van der Waals surface area contributed by atoms with Crippen molar-refractivity contribution in [2.24, 2.45) is 5.92 Å². The van der Waals surface area contributed by atoms with Crippen LogP contribution in [0.4, 0.5) is 0 Å². The summed E-state index contributed by atoms with van der Waals surface area (Å²) in [5.41, 5.74) is 0.577. The molecule has 1 unspecified atom stereocenters. The highest BCUT2D eigenvalue weighted by atomic mass is 16.4. The lowest BCUT2D eigenvalue weighted by Crippen LogP contribution is -2.17. The summed E-state index contributed by atoms with van der Waals surface area (Å²) in [6, 6.07) is 0. The summed E-state index contributed by atoms with van der Waals surface area (Å²) >= 11 is 0. The standard InChI is InChI=1S/C11H16N2O2/c1-3-4-5-10(11(14)15)9(2)13-7-6-12-8-13/h6-8,10H,2-5H2,1H3,(H,14,15). The van der Waals surface area contributed by atoms with Gasteiger partial charge >= 0.3 is 5.97 Å². The molecule has 0 bridgehead atoms. The van der Waals surface area contributed by atoms with E-state index in [-0.39, 0.29) is 0 Å². The number of aromatic nitrogens is 2. The SMILES string of the molecule is C=C(C(CCCC)C(=O)O)n1ccnc1. The Morgan fingerprint density at radius 1 is 1.67 bits per heavy atom. The molecular formula is C11H16N2O2. The summed E-state index contributed by atoms with van der Waals surface area (Å²) in [4.78, 5) is 14.9. The number of carboxylic acid groups (broad SMARTS) is 1. The van der Waals surface area contributed by atoms with Crippen molar-refractivity contribution in [2.45, 2.75) is 26.2 Å². The lowest BCUT2D eigenvalue weighted by Gasteiger charge is -2.15. The van der Waals surface area contributed by atoms with Crippen LogP contribution in [0.5, 0.6) is 0 Å². The first-order chi connectivity index (χ1) is 7.16. The van der Waals surface area contributed by atoms with Crippen LogP contribution in [-0.2, 0) is 4.79 Å². The third kappa shape index (κ3) is 2.94. The van der Waals surface area contributed by atoms with E-state index in [1.54, 1.807) is 23.3 Å². The summed E-state index contributed by atoms with van der Waals surface area (Å²) < 4.78 is 1.66. The first-order valence-electron chi connectivity index (χ1n) is 5.06. The van der Waals surface area contributed by atoms with Crippen molar-refractivity contribution in [2.75, 3.05) is 0 Å². The highest BCUT2D eigenvalue weighted by molar-refractivity contribution is 5.80. The third-order valence-electron chi connectivity index (χ3n) is 2.38. The zero-order valence-electron chi connectivity index (χ0n) is 8.89. The molecule has 0 aliphatic rings. The van der Waals surface area contributed by atoms with Gasteiger partial charge in [-0.2, -0.15) is 0 Å². The molecule has 4 heteroatoms. The monoisotopic (exact) mass is 208 g/mol. The van der Waals surface area contributed by atoms with Gasteiger partial charge in [-0.3, -0.25) is 4.79 Å². The summed E-state index contributed by atoms with van der Waals surface area (Å²) in [5, 5.41) is 9.07. The molecule has 0 spiro atoms. The van der Waals surface area contributed by atoms with Crippen LogP contribution in [0.15, 0.2) is 25.3 Å². The number of unbranched alkanes of at least 4 members (excludes halogenated alkanes) is 1.